The maximum Gasteiger partial charge on any atom is 0.191 e. The van der Waals surface area contributed by atoms with Crippen molar-refractivity contribution >= 4 is 17.3 Å². The average Bonchev–Trinajstić information content (AvgIpc) is 3.21. The number of aromatic nitrogens is 1. The Labute approximate surface area is 132 Å². The van der Waals surface area contributed by atoms with E-state index in [1.807, 2.05) is 0 Å². The molecule has 1 aromatic heterocycles. The molecule has 118 valence electrons. The van der Waals surface area contributed by atoms with Crippen molar-refractivity contribution in [1.29, 1.82) is 0 Å². The first-order chi connectivity index (χ1) is 10.2. The molecule has 21 heavy (non-hydrogen) atoms. The zero-order chi connectivity index (χ0) is 15.1. The van der Waals surface area contributed by atoms with Crippen molar-refractivity contribution in [3.8, 4) is 0 Å². The van der Waals surface area contributed by atoms with Crippen LogP contribution in [0.1, 0.15) is 48.2 Å². The fourth-order valence-corrected chi connectivity index (χ4v) is 3.19. The van der Waals surface area contributed by atoms with E-state index in [2.05, 4.69) is 41.4 Å². The molecule has 0 amide bonds. The largest absolute Gasteiger partial charge is 0.357 e. The Bertz CT molecular complexity index is 443. The minimum Gasteiger partial charge on any atom is -0.357 e. The Hall–Kier alpha value is -1.10. The molecule has 0 aliphatic heterocycles. The lowest BCUT2D eigenvalue weighted by atomic mass is 10.2. The number of aliphatic imine (C=N–C) groups is 1. The monoisotopic (exact) mass is 308 g/mol. The third-order valence-electron chi connectivity index (χ3n) is 3.79. The Kier molecular flexibility index (Phi) is 6.49. The molecule has 1 aliphatic rings. The molecule has 5 heteroatoms. The number of hydrogen-bond donors (Lipinski definition) is 2. The molecule has 0 aromatic carbocycles. The van der Waals surface area contributed by atoms with Gasteiger partial charge in [-0.25, -0.2) is 4.98 Å². The lowest BCUT2D eigenvalue weighted by Gasteiger charge is -2.10. The molecule has 1 heterocycles. The lowest BCUT2D eigenvalue weighted by Crippen LogP contribution is -2.38. The highest BCUT2D eigenvalue weighted by Crippen LogP contribution is 2.33. The maximum absolute atomic E-state index is 4.64. The van der Waals surface area contributed by atoms with E-state index in [9.17, 15) is 0 Å². The summed E-state index contributed by atoms with van der Waals surface area (Å²) >= 11 is 1.80. The van der Waals surface area contributed by atoms with Gasteiger partial charge in [0.1, 0.15) is 0 Å². The van der Waals surface area contributed by atoms with Crippen LogP contribution >= 0.6 is 11.3 Å². The van der Waals surface area contributed by atoms with Gasteiger partial charge < -0.3 is 10.6 Å². The number of guanidine groups is 1. The number of rotatable bonds is 8. The average molecular weight is 308 g/mol. The minimum absolute atomic E-state index is 0.890. The molecule has 0 radical (unpaired) electrons. The summed E-state index contributed by atoms with van der Waals surface area (Å²) in [5.41, 5.74) is 1.16. The predicted molar refractivity (Wildman–Crippen MR) is 91.2 cm³/mol. The number of aryl methyl sites for hydroxylation is 2. The van der Waals surface area contributed by atoms with Crippen molar-refractivity contribution in [3.05, 3.63) is 15.6 Å². The summed E-state index contributed by atoms with van der Waals surface area (Å²) in [6.07, 6.45) is 6.40. The van der Waals surface area contributed by atoms with E-state index in [1.54, 1.807) is 11.3 Å². The Balaban J connectivity index is 1.69. The van der Waals surface area contributed by atoms with Gasteiger partial charge in [-0.1, -0.05) is 12.8 Å². The molecule has 2 N–H and O–H groups in total. The quantitative estimate of drug-likeness (QED) is 0.441. The van der Waals surface area contributed by atoms with Gasteiger partial charge in [-0.2, -0.15) is 0 Å². The summed E-state index contributed by atoms with van der Waals surface area (Å²) in [6, 6.07) is 0. The van der Waals surface area contributed by atoms with Gasteiger partial charge in [0.15, 0.2) is 5.96 Å². The third kappa shape index (κ3) is 6.04. The van der Waals surface area contributed by atoms with Crippen LogP contribution in [-0.4, -0.2) is 30.6 Å². The Morgan fingerprint density at radius 3 is 2.76 bits per heavy atom. The van der Waals surface area contributed by atoms with E-state index >= 15 is 0 Å². The van der Waals surface area contributed by atoms with Crippen molar-refractivity contribution in [3.63, 3.8) is 0 Å². The second-order valence-electron chi connectivity index (χ2n) is 5.77. The van der Waals surface area contributed by atoms with Gasteiger partial charge in [0.2, 0.25) is 0 Å². The van der Waals surface area contributed by atoms with Crippen LogP contribution in [0.2, 0.25) is 0 Å². The van der Waals surface area contributed by atoms with Crippen molar-refractivity contribution in [2.24, 2.45) is 10.9 Å². The Morgan fingerprint density at radius 1 is 1.33 bits per heavy atom. The second kappa shape index (κ2) is 8.37. The van der Waals surface area contributed by atoms with Crippen LogP contribution in [0.5, 0.6) is 0 Å². The predicted octanol–water partition coefficient (Wildman–Crippen LogP) is 3.05. The highest BCUT2D eigenvalue weighted by molar-refractivity contribution is 7.11. The SMILES string of the molecule is CCNC(=NCCCC1CC1)NCCc1nc(C)c(C)s1. The van der Waals surface area contributed by atoms with Crippen molar-refractivity contribution in [2.75, 3.05) is 19.6 Å². The van der Waals surface area contributed by atoms with Gasteiger partial charge in [0.05, 0.1) is 10.7 Å². The second-order valence-corrected chi connectivity index (χ2v) is 7.06. The van der Waals surface area contributed by atoms with Crippen LogP contribution in [0.15, 0.2) is 4.99 Å². The van der Waals surface area contributed by atoms with Crippen LogP contribution in [0.4, 0.5) is 0 Å². The standard InChI is InChI=1S/C16H28N4S/c1-4-17-16(18-10-5-6-14-7-8-14)19-11-9-15-20-12(2)13(3)21-15/h14H,4-11H2,1-3H3,(H2,17,18,19). The van der Waals surface area contributed by atoms with Crippen LogP contribution in [0.25, 0.3) is 0 Å². The smallest absolute Gasteiger partial charge is 0.191 e. The summed E-state index contributed by atoms with van der Waals surface area (Å²) in [5.74, 6) is 1.95. The first-order valence-electron chi connectivity index (χ1n) is 8.14. The van der Waals surface area contributed by atoms with Gasteiger partial charge in [-0.15, -0.1) is 11.3 Å². The fourth-order valence-electron chi connectivity index (χ4n) is 2.25. The van der Waals surface area contributed by atoms with Gasteiger partial charge in [0.25, 0.3) is 0 Å². The zero-order valence-electron chi connectivity index (χ0n) is 13.5. The molecule has 0 unspecified atom stereocenters. The maximum atomic E-state index is 4.64. The molecule has 2 rings (SSSR count). The first kappa shape index (κ1) is 16.3. The summed E-state index contributed by atoms with van der Waals surface area (Å²) < 4.78 is 0. The summed E-state index contributed by atoms with van der Waals surface area (Å²) in [4.78, 5) is 10.5. The molecule has 1 saturated carbocycles. The lowest BCUT2D eigenvalue weighted by molar-refractivity contribution is 0.670. The van der Waals surface area contributed by atoms with Crippen LogP contribution in [0, 0.1) is 19.8 Å². The summed E-state index contributed by atoms with van der Waals surface area (Å²) in [7, 11) is 0. The topological polar surface area (TPSA) is 49.3 Å². The molecule has 0 spiro atoms. The molecule has 1 fully saturated rings. The van der Waals surface area contributed by atoms with Gasteiger partial charge in [-0.05, 0) is 39.5 Å². The number of nitrogens with zero attached hydrogens (tertiary/aromatic N) is 2. The van der Waals surface area contributed by atoms with E-state index in [0.29, 0.717) is 0 Å². The van der Waals surface area contributed by atoms with Crippen LogP contribution < -0.4 is 10.6 Å². The van der Waals surface area contributed by atoms with Crippen LogP contribution in [-0.2, 0) is 6.42 Å². The molecule has 0 atom stereocenters. The number of hydrogen-bond acceptors (Lipinski definition) is 3. The third-order valence-corrected chi connectivity index (χ3v) is 4.92. The molecule has 0 bridgehead atoms. The molecule has 4 nitrogen and oxygen atoms in total. The van der Waals surface area contributed by atoms with Crippen molar-refractivity contribution in [1.82, 2.24) is 15.6 Å². The summed E-state index contributed by atoms with van der Waals surface area (Å²) in [5, 5.41) is 7.93. The fraction of sp³-hybridized carbons (Fsp3) is 0.750. The highest BCUT2D eigenvalue weighted by Gasteiger charge is 2.19. The molecule has 0 saturated heterocycles. The normalized spacial score (nSPS) is 15.3. The van der Waals surface area contributed by atoms with Crippen molar-refractivity contribution in [2.45, 2.75) is 52.9 Å². The molecular formula is C16H28N4S. The van der Waals surface area contributed by atoms with Crippen LogP contribution in [0.3, 0.4) is 0 Å². The molecular weight excluding hydrogens is 280 g/mol. The van der Waals surface area contributed by atoms with E-state index in [1.165, 1.54) is 35.6 Å². The first-order valence-corrected chi connectivity index (χ1v) is 8.95. The molecule has 1 aliphatic carbocycles. The van der Waals surface area contributed by atoms with Crippen molar-refractivity contribution < 1.29 is 0 Å². The molecule has 1 aromatic rings. The highest BCUT2D eigenvalue weighted by atomic mass is 32.1. The van der Waals surface area contributed by atoms with E-state index in [4.69, 9.17) is 0 Å². The van der Waals surface area contributed by atoms with Gasteiger partial charge in [0, 0.05) is 30.9 Å². The Morgan fingerprint density at radius 2 is 2.14 bits per heavy atom. The van der Waals surface area contributed by atoms with Gasteiger partial charge in [-0.3, -0.25) is 4.99 Å². The van der Waals surface area contributed by atoms with E-state index < -0.39 is 0 Å². The minimum atomic E-state index is 0.890. The van der Waals surface area contributed by atoms with Gasteiger partial charge >= 0.3 is 0 Å². The zero-order valence-corrected chi connectivity index (χ0v) is 14.4. The van der Waals surface area contributed by atoms with E-state index in [0.717, 1.165) is 43.6 Å². The number of thiazole rings is 1. The van der Waals surface area contributed by atoms with E-state index in [-0.39, 0.29) is 0 Å². The number of nitrogens with one attached hydrogen (secondary N) is 2. The summed E-state index contributed by atoms with van der Waals surface area (Å²) in [6.45, 7) is 9.05.